The Morgan fingerprint density at radius 2 is 1.51 bits per heavy atom. The number of nitrogens with one attached hydrogen (secondary N) is 1. The topological polar surface area (TPSA) is 25.2 Å². The SMILES string of the molecule is CC1(C)C2=C(C=CC(Nc3ccc(-c4cccc5c4oc4ccccc45)cc3)C2)c2ccccc21. The molecule has 2 nitrogen and oxygen atoms in total. The van der Waals surface area contributed by atoms with Gasteiger partial charge in [0.25, 0.3) is 0 Å². The Hall–Kier alpha value is -4.04. The maximum Gasteiger partial charge on any atom is 0.143 e. The van der Waals surface area contributed by atoms with E-state index in [2.05, 4.69) is 110 Å². The second-order valence-corrected chi connectivity index (χ2v) is 10.2. The zero-order valence-electron chi connectivity index (χ0n) is 20.0. The summed E-state index contributed by atoms with van der Waals surface area (Å²) in [5.41, 5.74) is 11.2. The molecule has 2 aliphatic carbocycles. The standard InChI is InChI=1S/C33H27NO/c1-33(2)29-12-5-3-8-25(29)26-19-18-23(20-30(26)33)34-22-16-14-21(15-17-22)24-10-7-11-28-27-9-4-6-13-31(27)35-32(24)28/h3-19,23,34H,20H2,1-2H3. The van der Waals surface area contributed by atoms with Crippen molar-refractivity contribution in [1.29, 1.82) is 0 Å². The highest BCUT2D eigenvalue weighted by atomic mass is 16.3. The summed E-state index contributed by atoms with van der Waals surface area (Å²) in [5, 5.41) is 6.08. The van der Waals surface area contributed by atoms with Crippen molar-refractivity contribution < 1.29 is 4.42 Å². The Morgan fingerprint density at radius 3 is 2.40 bits per heavy atom. The highest BCUT2D eigenvalue weighted by molar-refractivity contribution is 6.09. The van der Waals surface area contributed by atoms with E-state index in [4.69, 9.17) is 4.42 Å². The molecule has 4 aromatic carbocycles. The molecule has 0 fully saturated rings. The van der Waals surface area contributed by atoms with E-state index >= 15 is 0 Å². The minimum Gasteiger partial charge on any atom is -0.455 e. The van der Waals surface area contributed by atoms with Gasteiger partial charge in [0, 0.05) is 33.5 Å². The van der Waals surface area contributed by atoms with Gasteiger partial charge in [-0.2, -0.15) is 0 Å². The molecule has 5 aromatic rings. The van der Waals surface area contributed by atoms with Crippen LogP contribution in [0.15, 0.2) is 113 Å². The van der Waals surface area contributed by atoms with Crippen LogP contribution >= 0.6 is 0 Å². The first-order valence-electron chi connectivity index (χ1n) is 12.4. The summed E-state index contributed by atoms with van der Waals surface area (Å²) in [6.07, 6.45) is 5.66. The van der Waals surface area contributed by atoms with E-state index in [1.165, 1.54) is 22.3 Å². The zero-order chi connectivity index (χ0) is 23.6. The zero-order valence-corrected chi connectivity index (χ0v) is 20.0. The molecule has 1 unspecified atom stereocenters. The number of anilines is 1. The Kier molecular flexibility index (Phi) is 4.35. The minimum absolute atomic E-state index is 0.0751. The predicted molar refractivity (Wildman–Crippen MR) is 147 cm³/mol. The molecule has 0 radical (unpaired) electrons. The second kappa shape index (κ2) is 7.48. The number of para-hydroxylation sites is 2. The maximum atomic E-state index is 6.25. The monoisotopic (exact) mass is 453 g/mol. The third-order valence-corrected chi connectivity index (χ3v) is 7.84. The minimum atomic E-state index is 0.0751. The molecule has 1 N–H and O–H groups in total. The van der Waals surface area contributed by atoms with E-state index < -0.39 is 0 Å². The number of fused-ring (bicyclic) bond motifs is 5. The van der Waals surface area contributed by atoms with E-state index in [0.717, 1.165) is 45.2 Å². The van der Waals surface area contributed by atoms with Crippen LogP contribution in [0.1, 0.15) is 31.4 Å². The lowest BCUT2D eigenvalue weighted by atomic mass is 9.77. The van der Waals surface area contributed by atoms with Gasteiger partial charge in [0.05, 0.1) is 0 Å². The first-order valence-corrected chi connectivity index (χ1v) is 12.4. The van der Waals surface area contributed by atoms with Gasteiger partial charge in [-0.25, -0.2) is 0 Å². The van der Waals surface area contributed by atoms with Crippen molar-refractivity contribution in [3.8, 4) is 11.1 Å². The fourth-order valence-electron chi connectivity index (χ4n) is 6.01. The van der Waals surface area contributed by atoms with E-state index in [1.54, 1.807) is 0 Å². The summed E-state index contributed by atoms with van der Waals surface area (Å²) >= 11 is 0. The lowest BCUT2D eigenvalue weighted by molar-refractivity contribution is 0.596. The van der Waals surface area contributed by atoms with Gasteiger partial charge in [-0.1, -0.05) is 98.8 Å². The summed E-state index contributed by atoms with van der Waals surface area (Å²) in [5.74, 6) is 0. The molecular weight excluding hydrogens is 426 g/mol. The molecule has 7 rings (SSSR count). The molecule has 2 heteroatoms. The molecule has 1 aromatic heterocycles. The lowest BCUT2D eigenvalue weighted by Gasteiger charge is -2.29. The van der Waals surface area contributed by atoms with Crippen LogP contribution in [0.3, 0.4) is 0 Å². The van der Waals surface area contributed by atoms with Crippen LogP contribution in [-0.4, -0.2) is 6.04 Å². The second-order valence-electron chi connectivity index (χ2n) is 10.2. The van der Waals surface area contributed by atoms with Crippen molar-refractivity contribution in [2.45, 2.75) is 31.7 Å². The van der Waals surface area contributed by atoms with E-state index in [1.807, 2.05) is 12.1 Å². The third kappa shape index (κ3) is 3.10. The maximum absolute atomic E-state index is 6.25. The van der Waals surface area contributed by atoms with Crippen LogP contribution in [0.5, 0.6) is 0 Å². The number of rotatable bonds is 3. The molecule has 1 heterocycles. The molecule has 2 aliphatic rings. The largest absolute Gasteiger partial charge is 0.455 e. The van der Waals surface area contributed by atoms with Crippen LogP contribution < -0.4 is 5.32 Å². The van der Waals surface area contributed by atoms with Gasteiger partial charge in [-0.15, -0.1) is 0 Å². The molecule has 0 saturated heterocycles. The summed E-state index contributed by atoms with van der Waals surface area (Å²) < 4.78 is 6.25. The fraction of sp³-hybridized carbons (Fsp3) is 0.152. The average molecular weight is 454 g/mol. The lowest BCUT2D eigenvalue weighted by Crippen LogP contribution is -2.26. The average Bonchev–Trinajstić information content (AvgIpc) is 3.38. The van der Waals surface area contributed by atoms with Crippen LogP contribution in [-0.2, 0) is 5.41 Å². The van der Waals surface area contributed by atoms with Crippen LogP contribution in [0, 0.1) is 0 Å². The van der Waals surface area contributed by atoms with Gasteiger partial charge >= 0.3 is 0 Å². The number of allylic oxidation sites excluding steroid dienone is 2. The van der Waals surface area contributed by atoms with Gasteiger partial charge in [0.1, 0.15) is 11.2 Å². The van der Waals surface area contributed by atoms with Gasteiger partial charge in [0.2, 0.25) is 0 Å². The quantitative estimate of drug-likeness (QED) is 0.295. The molecular formula is C33H27NO. The molecule has 1 atom stereocenters. The fourth-order valence-corrected chi connectivity index (χ4v) is 6.01. The van der Waals surface area contributed by atoms with Crippen LogP contribution in [0.25, 0.3) is 38.6 Å². The molecule has 35 heavy (non-hydrogen) atoms. The Labute approximate surface area is 205 Å². The highest BCUT2D eigenvalue weighted by Crippen LogP contribution is 2.50. The van der Waals surface area contributed by atoms with Crippen molar-refractivity contribution in [2.24, 2.45) is 0 Å². The molecule has 0 spiro atoms. The number of hydrogen-bond donors (Lipinski definition) is 1. The smallest absolute Gasteiger partial charge is 0.143 e. The Bertz CT molecular complexity index is 1660. The first-order chi connectivity index (χ1) is 17.1. The number of hydrogen-bond acceptors (Lipinski definition) is 2. The van der Waals surface area contributed by atoms with E-state index in [-0.39, 0.29) is 11.5 Å². The Morgan fingerprint density at radius 1 is 0.771 bits per heavy atom. The molecule has 0 saturated carbocycles. The van der Waals surface area contributed by atoms with Gasteiger partial charge < -0.3 is 9.73 Å². The number of benzene rings is 4. The van der Waals surface area contributed by atoms with Crippen LogP contribution in [0.4, 0.5) is 5.69 Å². The molecule has 170 valence electrons. The summed E-state index contributed by atoms with van der Waals surface area (Å²) in [4.78, 5) is 0. The van der Waals surface area contributed by atoms with E-state index in [0.29, 0.717) is 0 Å². The number of furan rings is 1. The van der Waals surface area contributed by atoms with Gasteiger partial charge in [-0.3, -0.25) is 0 Å². The summed E-state index contributed by atoms with van der Waals surface area (Å²) in [6, 6.07) is 32.5. The molecule has 0 amide bonds. The summed E-state index contributed by atoms with van der Waals surface area (Å²) in [6.45, 7) is 4.72. The van der Waals surface area contributed by atoms with Crippen molar-refractivity contribution >= 4 is 33.2 Å². The normalized spacial score (nSPS) is 18.2. The van der Waals surface area contributed by atoms with E-state index in [9.17, 15) is 0 Å². The highest BCUT2D eigenvalue weighted by Gasteiger charge is 2.38. The third-order valence-electron chi connectivity index (χ3n) is 7.84. The first kappa shape index (κ1) is 20.3. The van der Waals surface area contributed by atoms with Crippen molar-refractivity contribution in [2.75, 3.05) is 5.32 Å². The van der Waals surface area contributed by atoms with Gasteiger partial charge in [0.15, 0.2) is 0 Å². The van der Waals surface area contributed by atoms with Gasteiger partial charge in [-0.05, 0) is 52.5 Å². The predicted octanol–water partition coefficient (Wildman–Crippen LogP) is 8.74. The summed E-state index contributed by atoms with van der Waals surface area (Å²) in [7, 11) is 0. The van der Waals surface area contributed by atoms with Crippen LogP contribution in [0.2, 0.25) is 0 Å². The Balaban J connectivity index is 1.15. The molecule has 0 aliphatic heterocycles. The van der Waals surface area contributed by atoms with Crippen molar-refractivity contribution in [3.05, 3.63) is 120 Å². The van der Waals surface area contributed by atoms with Crippen molar-refractivity contribution in [3.63, 3.8) is 0 Å². The van der Waals surface area contributed by atoms with Crippen molar-refractivity contribution in [1.82, 2.24) is 0 Å². The molecule has 0 bridgehead atoms.